The second-order valence-corrected chi connectivity index (χ2v) is 6.88. The summed E-state index contributed by atoms with van der Waals surface area (Å²) in [5, 5.41) is 0.857. The van der Waals surface area contributed by atoms with Crippen molar-refractivity contribution in [3.8, 4) is 5.69 Å². The molecule has 0 spiro atoms. The van der Waals surface area contributed by atoms with Gasteiger partial charge in [0.15, 0.2) is 10.9 Å². The summed E-state index contributed by atoms with van der Waals surface area (Å²) in [6.45, 7) is 6.15. The monoisotopic (exact) mass is 339 g/mol. The number of ketones is 1. The third kappa shape index (κ3) is 3.04. The molecular formula is C19H21N3OS. The fourth-order valence-corrected chi connectivity index (χ4v) is 3.74. The number of imidazole rings is 1. The Kier molecular flexibility index (Phi) is 4.62. The number of aryl methyl sites for hydroxylation is 3. The lowest BCUT2D eigenvalue weighted by Crippen LogP contribution is -2.07. The zero-order valence-corrected chi connectivity index (χ0v) is 15.2. The second kappa shape index (κ2) is 6.69. The highest BCUT2D eigenvalue weighted by Crippen LogP contribution is 2.25. The van der Waals surface area contributed by atoms with E-state index in [0.29, 0.717) is 5.75 Å². The van der Waals surface area contributed by atoms with Crippen LogP contribution in [0.4, 0.5) is 0 Å². The highest BCUT2D eigenvalue weighted by molar-refractivity contribution is 7.99. The molecule has 1 aromatic carbocycles. The van der Waals surface area contributed by atoms with Gasteiger partial charge in [-0.15, -0.1) is 0 Å². The lowest BCUT2D eigenvalue weighted by Gasteiger charge is -2.12. The molecule has 0 bridgehead atoms. The average molecular weight is 339 g/mol. The Hall–Kier alpha value is -2.27. The molecule has 24 heavy (non-hydrogen) atoms. The lowest BCUT2D eigenvalue weighted by molar-refractivity contribution is 0.102. The number of carbonyl (C=O) groups excluding carboxylic acids is 1. The Balaban J connectivity index is 1.87. The maximum Gasteiger partial charge on any atom is 0.175 e. The third-order valence-electron chi connectivity index (χ3n) is 4.20. The van der Waals surface area contributed by atoms with E-state index in [0.717, 1.165) is 27.8 Å². The Morgan fingerprint density at radius 3 is 2.62 bits per heavy atom. The molecule has 0 radical (unpaired) electrons. The number of benzene rings is 1. The van der Waals surface area contributed by atoms with Crippen molar-refractivity contribution in [3.63, 3.8) is 0 Å². The summed E-state index contributed by atoms with van der Waals surface area (Å²) >= 11 is 1.47. The van der Waals surface area contributed by atoms with E-state index in [-0.39, 0.29) is 5.78 Å². The number of nitrogens with zero attached hydrogens (tertiary/aromatic N) is 3. The highest BCUT2D eigenvalue weighted by Gasteiger charge is 2.18. The molecule has 124 valence electrons. The maximum atomic E-state index is 12.7. The van der Waals surface area contributed by atoms with Gasteiger partial charge in [0.1, 0.15) is 0 Å². The first-order chi connectivity index (χ1) is 11.5. The molecule has 0 aliphatic carbocycles. The SMILES string of the molecule is Cc1ccccc1-n1c(C)cc(C(=O)CSc2nccn2C)c1C. The van der Waals surface area contributed by atoms with Crippen molar-refractivity contribution in [1.82, 2.24) is 14.1 Å². The number of hydrogen-bond acceptors (Lipinski definition) is 3. The van der Waals surface area contributed by atoms with E-state index in [1.54, 1.807) is 6.20 Å². The van der Waals surface area contributed by atoms with Crippen LogP contribution in [0.2, 0.25) is 0 Å². The first kappa shape index (κ1) is 16.6. The molecule has 2 heterocycles. The third-order valence-corrected chi connectivity index (χ3v) is 5.26. The summed E-state index contributed by atoms with van der Waals surface area (Å²) in [7, 11) is 1.93. The van der Waals surface area contributed by atoms with Gasteiger partial charge >= 0.3 is 0 Å². The molecule has 0 unspecified atom stereocenters. The molecule has 0 saturated carbocycles. The van der Waals surface area contributed by atoms with Crippen molar-refractivity contribution in [2.75, 3.05) is 5.75 Å². The van der Waals surface area contributed by atoms with E-state index in [1.165, 1.54) is 17.3 Å². The first-order valence-electron chi connectivity index (χ1n) is 7.87. The number of carbonyl (C=O) groups is 1. The number of rotatable bonds is 5. The molecule has 0 aliphatic rings. The number of Topliss-reactive ketones (excluding diaryl/α,β-unsaturated/α-hetero) is 1. The molecule has 2 aromatic heterocycles. The fourth-order valence-electron chi connectivity index (χ4n) is 2.93. The Morgan fingerprint density at radius 1 is 1.21 bits per heavy atom. The van der Waals surface area contributed by atoms with E-state index in [4.69, 9.17) is 0 Å². The molecule has 3 rings (SSSR count). The Labute approximate surface area is 146 Å². The van der Waals surface area contributed by atoms with Gasteiger partial charge in [-0.2, -0.15) is 0 Å². The zero-order chi connectivity index (χ0) is 17.3. The standard InChI is InChI=1S/C19H21N3OS/c1-13-7-5-6-8-17(13)22-14(2)11-16(15(22)3)18(23)12-24-19-20-9-10-21(19)4/h5-11H,12H2,1-4H3. The molecule has 0 atom stereocenters. The minimum Gasteiger partial charge on any atom is -0.329 e. The summed E-state index contributed by atoms with van der Waals surface area (Å²) in [5.41, 5.74) is 5.18. The molecular weight excluding hydrogens is 318 g/mol. The van der Waals surface area contributed by atoms with Gasteiger partial charge in [0.05, 0.1) is 5.75 Å². The van der Waals surface area contributed by atoms with Crippen molar-refractivity contribution in [1.29, 1.82) is 0 Å². The summed E-state index contributed by atoms with van der Waals surface area (Å²) in [6, 6.07) is 10.2. The van der Waals surface area contributed by atoms with E-state index >= 15 is 0 Å². The number of aromatic nitrogens is 3. The largest absolute Gasteiger partial charge is 0.329 e. The first-order valence-corrected chi connectivity index (χ1v) is 8.86. The predicted molar refractivity (Wildman–Crippen MR) is 98.2 cm³/mol. The normalized spacial score (nSPS) is 11.0. The van der Waals surface area contributed by atoms with Crippen LogP contribution < -0.4 is 0 Å². The van der Waals surface area contributed by atoms with Gasteiger partial charge in [0.2, 0.25) is 0 Å². The minimum absolute atomic E-state index is 0.135. The minimum atomic E-state index is 0.135. The van der Waals surface area contributed by atoms with Crippen molar-refractivity contribution in [3.05, 3.63) is 65.2 Å². The van der Waals surface area contributed by atoms with E-state index < -0.39 is 0 Å². The van der Waals surface area contributed by atoms with E-state index in [9.17, 15) is 4.79 Å². The summed E-state index contributed by atoms with van der Waals surface area (Å²) in [4.78, 5) is 16.9. The van der Waals surface area contributed by atoms with Gasteiger partial charge < -0.3 is 9.13 Å². The van der Waals surface area contributed by atoms with Crippen molar-refractivity contribution in [2.45, 2.75) is 25.9 Å². The molecule has 0 amide bonds. The van der Waals surface area contributed by atoms with Crippen LogP contribution in [-0.4, -0.2) is 25.7 Å². The van der Waals surface area contributed by atoms with Gasteiger partial charge in [-0.3, -0.25) is 4.79 Å². The van der Waals surface area contributed by atoms with Crippen LogP contribution >= 0.6 is 11.8 Å². The predicted octanol–water partition coefficient (Wildman–Crippen LogP) is 4.11. The van der Waals surface area contributed by atoms with Gasteiger partial charge in [-0.25, -0.2) is 4.98 Å². The lowest BCUT2D eigenvalue weighted by atomic mass is 10.1. The molecule has 0 aliphatic heterocycles. The van der Waals surface area contributed by atoms with Crippen LogP contribution in [-0.2, 0) is 7.05 Å². The van der Waals surface area contributed by atoms with Crippen molar-refractivity contribution < 1.29 is 4.79 Å². The molecule has 3 aromatic rings. The van der Waals surface area contributed by atoms with Crippen LogP contribution in [0.3, 0.4) is 0 Å². The number of hydrogen-bond donors (Lipinski definition) is 0. The van der Waals surface area contributed by atoms with Crippen LogP contribution in [0.15, 0.2) is 47.9 Å². The van der Waals surface area contributed by atoms with Crippen LogP contribution in [0, 0.1) is 20.8 Å². The van der Waals surface area contributed by atoms with Gasteiger partial charge in [-0.1, -0.05) is 30.0 Å². The average Bonchev–Trinajstić information content (AvgIpc) is 3.09. The summed E-state index contributed by atoms with van der Waals surface area (Å²) in [6.07, 6.45) is 3.63. The van der Waals surface area contributed by atoms with Gasteiger partial charge in [-0.05, 0) is 38.5 Å². The molecule has 5 heteroatoms. The summed E-state index contributed by atoms with van der Waals surface area (Å²) < 4.78 is 4.09. The van der Waals surface area contributed by atoms with E-state index in [1.807, 2.05) is 49.9 Å². The molecule has 4 nitrogen and oxygen atoms in total. The Morgan fingerprint density at radius 2 is 1.96 bits per heavy atom. The molecule has 0 N–H and O–H groups in total. The van der Waals surface area contributed by atoms with Crippen molar-refractivity contribution >= 4 is 17.5 Å². The highest BCUT2D eigenvalue weighted by atomic mass is 32.2. The zero-order valence-electron chi connectivity index (χ0n) is 14.4. The quantitative estimate of drug-likeness (QED) is 0.519. The fraction of sp³-hybridized carbons (Fsp3) is 0.263. The second-order valence-electron chi connectivity index (χ2n) is 5.94. The smallest absolute Gasteiger partial charge is 0.175 e. The molecule has 0 saturated heterocycles. The van der Waals surface area contributed by atoms with Gasteiger partial charge in [0, 0.05) is 42.1 Å². The van der Waals surface area contributed by atoms with Crippen LogP contribution in [0.1, 0.15) is 27.3 Å². The summed E-state index contributed by atoms with van der Waals surface area (Å²) in [5.74, 6) is 0.527. The number of thioether (sulfide) groups is 1. The van der Waals surface area contributed by atoms with E-state index in [2.05, 4.69) is 28.6 Å². The topological polar surface area (TPSA) is 39.8 Å². The van der Waals surface area contributed by atoms with Crippen LogP contribution in [0.25, 0.3) is 5.69 Å². The van der Waals surface area contributed by atoms with Crippen LogP contribution in [0.5, 0.6) is 0 Å². The maximum absolute atomic E-state index is 12.7. The van der Waals surface area contributed by atoms with Crippen molar-refractivity contribution in [2.24, 2.45) is 7.05 Å². The molecule has 0 fully saturated rings. The Bertz CT molecular complexity index is 892. The number of para-hydroxylation sites is 1. The van der Waals surface area contributed by atoms with Gasteiger partial charge in [0.25, 0.3) is 0 Å².